The van der Waals surface area contributed by atoms with Crippen LogP contribution in [0, 0.1) is 0 Å². The molecule has 0 aromatic carbocycles. The summed E-state index contributed by atoms with van der Waals surface area (Å²) in [6, 6.07) is 0. The molecular weight excluding hydrogens is 829 g/mol. The quantitative estimate of drug-likeness (QED) is 0.0262. The highest BCUT2D eigenvalue weighted by Crippen LogP contribution is 2.15. The van der Waals surface area contributed by atoms with Gasteiger partial charge in [-0.05, 0) is 103 Å². The summed E-state index contributed by atoms with van der Waals surface area (Å²) >= 11 is 0. The molecule has 1 atom stereocenters. The van der Waals surface area contributed by atoms with Crippen LogP contribution in [0.15, 0.2) is 72.9 Å². The predicted octanol–water partition coefficient (Wildman–Crippen LogP) is 19.0. The molecule has 0 radical (unpaired) electrons. The van der Waals surface area contributed by atoms with Gasteiger partial charge in [0.05, 0.1) is 0 Å². The van der Waals surface area contributed by atoms with Gasteiger partial charge < -0.3 is 14.2 Å². The molecule has 0 heterocycles. The molecular formula is C61H106O6. The number of rotatable bonds is 51. The molecule has 1 unspecified atom stereocenters. The molecule has 67 heavy (non-hydrogen) atoms. The van der Waals surface area contributed by atoms with E-state index in [9.17, 15) is 14.4 Å². The number of carbonyl (C=O) groups is 3. The number of ether oxygens (including phenoxy) is 3. The van der Waals surface area contributed by atoms with E-state index in [1.54, 1.807) is 0 Å². The zero-order valence-electron chi connectivity index (χ0n) is 44.2. The fourth-order valence-electron chi connectivity index (χ4n) is 7.88. The summed E-state index contributed by atoms with van der Waals surface area (Å²) in [7, 11) is 0. The van der Waals surface area contributed by atoms with Gasteiger partial charge in [0.25, 0.3) is 0 Å². The first kappa shape index (κ1) is 63.8. The average molecular weight is 936 g/mol. The molecule has 6 heteroatoms. The summed E-state index contributed by atoms with van der Waals surface area (Å²) < 4.78 is 16.8. The Balaban J connectivity index is 4.30. The number of carbonyl (C=O) groups excluding carboxylic acids is 3. The van der Waals surface area contributed by atoms with E-state index in [1.807, 2.05) is 0 Å². The van der Waals surface area contributed by atoms with Crippen molar-refractivity contribution in [3.05, 3.63) is 72.9 Å². The van der Waals surface area contributed by atoms with E-state index in [0.29, 0.717) is 19.3 Å². The van der Waals surface area contributed by atoms with Gasteiger partial charge in [0.1, 0.15) is 13.2 Å². The van der Waals surface area contributed by atoms with Crippen LogP contribution in [0.1, 0.15) is 278 Å². The maximum absolute atomic E-state index is 12.8. The Kier molecular flexibility index (Phi) is 52.8. The summed E-state index contributed by atoms with van der Waals surface area (Å²) in [5.41, 5.74) is 0. The monoisotopic (exact) mass is 935 g/mol. The topological polar surface area (TPSA) is 78.9 Å². The van der Waals surface area contributed by atoms with Gasteiger partial charge in [-0.3, -0.25) is 14.4 Å². The van der Waals surface area contributed by atoms with E-state index in [2.05, 4.69) is 93.7 Å². The normalized spacial score (nSPS) is 12.6. The van der Waals surface area contributed by atoms with E-state index < -0.39 is 6.10 Å². The highest BCUT2D eigenvalue weighted by Gasteiger charge is 2.19. The van der Waals surface area contributed by atoms with Crippen LogP contribution in [-0.4, -0.2) is 37.2 Å². The maximum Gasteiger partial charge on any atom is 0.306 e. The minimum atomic E-state index is -0.784. The van der Waals surface area contributed by atoms with E-state index in [4.69, 9.17) is 14.2 Å². The van der Waals surface area contributed by atoms with Crippen LogP contribution in [0.2, 0.25) is 0 Å². The molecule has 0 aromatic heterocycles. The highest BCUT2D eigenvalue weighted by atomic mass is 16.6. The Hall–Kier alpha value is -3.15. The van der Waals surface area contributed by atoms with Crippen LogP contribution in [0.25, 0.3) is 0 Å². The van der Waals surface area contributed by atoms with Gasteiger partial charge in [0.15, 0.2) is 6.10 Å². The van der Waals surface area contributed by atoms with Crippen LogP contribution < -0.4 is 0 Å². The van der Waals surface area contributed by atoms with Crippen LogP contribution >= 0.6 is 0 Å². The molecule has 6 nitrogen and oxygen atoms in total. The first-order valence-corrected chi connectivity index (χ1v) is 28.4. The second-order valence-electron chi connectivity index (χ2n) is 18.8. The molecule has 0 fully saturated rings. The summed E-state index contributed by atoms with van der Waals surface area (Å²) in [4.78, 5) is 38.1. The van der Waals surface area contributed by atoms with E-state index in [1.165, 1.54) is 135 Å². The van der Waals surface area contributed by atoms with Crippen LogP contribution in [0.3, 0.4) is 0 Å². The molecule has 0 aliphatic carbocycles. The maximum atomic E-state index is 12.8. The molecule has 0 spiro atoms. The number of allylic oxidation sites excluding steroid dienone is 12. The third-order valence-electron chi connectivity index (χ3n) is 12.2. The molecule has 0 amide bonds. The van der Waals surface area contributed by atoms with E-state index >= 15 is 0 Å². The van der Waals surface area contributed by atoms with Gasteiger partial charge in [-0.15, -0.1) is 0 Å². The fraction of sp³-hybridized carbons (Fsp3) is 0.754. The number of hydrogen-bond donors (Lipinski definition) is 0. The summed E-state index contributed by atoms with van der Waals surface area (Å²) in [5, 5.41) is 0. The summed E-state index contributed by atoms with van der Waals surface area (Å²) in [5.74, 6) is -0.899. The van der Waals surface area contributed by atoms with Gasteiger partial charge in [0.2, 0.25) is 0 Å². The molecule has 0 bridgehead atoms. The van der Waals surface area contributed by atoms with Crippen molar-refractivity contribution in [1.82, 2.24) is 0 Å². The van der Waals surface area contributed by atoms with Crippen molar-refractivity contribution in [3.63, 3.8) is 0 Å². The molecule has 386 valence electrons. The van der Waals surface area contributed by atoms with Crippen molar-refractivity contribution in [2.45, 2.75) is 284 Å². The Morgan fingerprint density at radius 1 is 0.313 bits per heavy atom. The average Bonchev–Trinajstić information content (AvgIpc) is 3.33. The Labute approximate surface area is 414 Å². The SMILES string of the molecule is CC/C=C\C/C=C\C/C=C\C/C=C\CCCCCCCCCCCCC(=O)OCC(COC(=O)CCCCCCC/C=C\CCCC)OC(=O)CCCCCCC/C=C\CCCCCCCC. The van der Waals surface area contributed by atoms with Crippen molar-refractivity contribution in [3.8, 4) is 0 Å². The zero-order valence-corrected chi connectivity index (χ0v) is 44.2. The number of hydrogen-bond acceptors (Lipinski definition) is 6. The molecule has 0 saturated heterocycles. The molecule has 0 N–H and O–H groups in total. The first-order chi connectivity index (χ1) is 33.0. The molecule has 0 aliphatic rings. The minimum absolute atomic E-state index is 0.0828. The molecule has 0 aliphatic heterocycles. The Bertz CT molecular complexity index is 1260. The third kappa shape index (κ3) is 53.7. The lowest BCUT2D eigenvalue weighted by Gasteiger charge is -2.18. The van der Waals surface area contributed by atoms with E-state index in [-0.39, 0.29) is 31.1 Å². The molecule has 0 rings (SSSR count). The number of esters is 3. The van der Waals surface area contributed by atoms with Gasteiger partial charge in [-0.25, -0.2) is 0 Å². The lowest BCUT2D eigenvalue weighted by atomic mass is 10.1. The van der Waals surface area contributed by atoms with Gasteiger partial charge in [-0.1, -0.05) is 229 Å². The smallest absolute Gasteiger partial charge is 0.306 e. The zero-order chi connectivity index (χ0) is 48.6. The van der Waals surface area contributed by atoms with Crippen molar-refractivity contribution < 1.29 is 28.6 Å². The van der Waals surface area contributed by atoms with Crippen LogP contribution in [0.4, 0.5) is 0 Å². The van der Waals surface area contributed by atoms with E-state index in [0.717, 1.165) is 103 Å². The largest absolute Gasteiger partial charge is 0.462 e. The third-order valence-corrected chi connectivity index (χ3v) is 12.2. The summed E-state index contributed by atoms with van der Waals surface area (Å²) in [6.45, 7) is 6.48. The van der Waals surface area contributed by atoms with Crippen molar-refractivity contribution in [1.29, 1.82) is 0 Å². The van der Waals surface area contributed by atoms with Crippen LogP contribution in [0.5, 0.6) is 0 Å². The van der Waals surface area contributed by atoms with Crippen molar-refractivity contribution in [2.75, 3.05) is 13.2 Å². The highest BCUT2D eigenvalue weighted by molar-refractivity contribution is 5.71. The standard InChI is InChI=1S/C61H106O6/c1-4-7-10-13-16-19-22-24-26-27-28-29-30-31-32-33-35-36-39-42-45-48-51-54-60(63)66-57-58(56-65-59(62)53-50-47-44-41-38-21-18-15-12-9-6-3)67-61(64)55-52-49-46-43-40-37-34-25-23-20-17-14-11-8-5-2/h7,10,15-16,18-19,24-26,28-29,34,58H,4-6,8-9,11-14,17,20-23,27,30-33,35-57H2,1-3H3/b10-7-,18-15-,19-16-,26-24-,29-28-,34-25-. The van der Waals surface area contributed by atoms with Crippen LogP contribution in [-0.2, 0) is 28.6 Å². The first-order valence-electron chi connectivity index (χ1n) is 28.4. The summed E-state index contributed by atoms with van der Waals surface area (Å²) in [6.07, 6.45) is 70.4. The lowest BCUT2D eigenvalue weighted by molar-refractivity contribution is -0.167. The minimum Gasteiger partial charge on any atom is -0.462 e. The second kappa shape index (κ2) is 55.4. The Morgan fingerprint density at radius 2 is 0.597 bits per heavy atom. The lowest BCUT2D eigenvalue weighted by Crippen LogP contribution is -2.30. The molecule has 0 saturated carbocycles. The van der Waals surface area contributed by atoms with Crippen molar-refractivity contribution in [2.24, 2.45) is 0 Å². The molecule has 0 aromatic rings. The number of unbranched alkanes of at least 4 members (excludes halogenated alkanes) is 28. The Morgan fingerprint density at radius 3 is 0.970 bits per heavy atom. The van der Waals surface area contributed by atoms with Gasteiger partial charge in [-0.2, -0.15) is 0 Å². The van der Waals surface area contributed by atoms with Gasteiger partial charge >= 0.3 is 17.9 Å². The fourth-order valence-corrected chi connectivity index (χ4v) is 7.88. The predicted molar refractivity (Wildman–Crippen MR) is 288 cm³/mol. The van der Waals surface area contributed by atoms with Gasteiger partial charge in [0, 0.05) is 19.3 Å². The second-order valence-corrected chi connectivity index (χ2v) is 18.8. The van der Waals surface area contributed by atoms with Crippen molar-refractivity contribution >= 4 is 17.9 Å².